The van der Waals surface area contributed by atoms with Crippen LogP contribution in [0.5, 0.6) is 0 Å². The fraction of sp³-hybridized carbons (Fsp3) is 0.857. The number of piperidine rings is 1. The first kappa shape index (κ1) is 12.6. The summed E-state index contributed by atoms with van der Waals surface area (Å²) in [4.78, 5) is 24.9. The molecule has 3 nitrogen and oxygen atoms in total. The normalized spacial score (nSPS) is 31.9. The van der Waals surface area contributed by atoms with Gasteiger partial charge in [-0.15, -0.1) is 0 Å². The first-order valence-corrected chi connectivity index (χ1v) is 6.77. The number of fused-ring (bicyclic) bond motifs is 1. The van der Waals surface area contributed by atoms with Crippen LogP contribution in [-0.4, -0.2) is 17.2 Å². The number of amides is 1. The summed E-state index contributed by atoms with van der Waals surface area (Å²) in [6.07, 6.45) is 2.80. The van der Waals surface area contributed by atoms with Crippen LogP contribution in [0.4, 0.5) is 0 Å². The fourth-order valence-electron chi connectivity index (χ4n) is 3.78. The van der Waals surface area contributed by atoms with E-state index in [-0.39, 0.29) is 35.4 Å². The Hall–Kier alpha value is -0.860. The fourth-order valence-corrected chi connectivity index (χ4v) is 3.78. The quantitative estimate of drug-likeness (QED) is 0.800. The minimum Gasteiger partial charge on any atom is -0.343 e. The lowest BCUT2D eigenvalue weighted by Crippen LogP contribution is -2.68. The molecule has 17 heavy (non-hydrogen) atoms. The lowest BCUT2D eigenvalue weighted by Gasteiger charge is -2.47. The first-order valence-electron chi connectivity index (χ1n) is 6.77. The van der Waals surface area contributed by atoms with Crippen molar-refractivity contribution in [2.75, 3.05) is 0 Å². The minimum absolute atomic E-state index is 0.0199. The molecule has 1 saturated carbocycles. The zero-order valence-electron chi connectivity index (χ0n) is 11.2. The second-order valence-corrected chi connectivity index (χ2v) is 6.18. The summed E-state index contributed by atoms with van der Waals surface area (Å²) in [7, 11) is 0. The van der Waals surface area contributed by atoms with Crippen molar-refractivity contribution in [3.05, 3.63) is 0 Å². The Kier molecular flexibility index (Phi) is 3.04. The highest BCUT2D eigenvalue weighted by atomic mass is 16.2. The van der Waals surface area contributed by atoms with Gasteiger partial charge in [-0.05, 0) is 24.7 Å². The molecule has 1 aliphatic heterocycles. The van der Waals surface area contributed by atoms with Crippen molar-refractivity contribution in [1.29, 1.82) is 0 Å². The maximum atomic E-state index is 12.7. The second kappa shape index (κ2) is 4.11. The van der Waals surface area contributed by atoms with Crippen LogP contribution in [0.15, 0.2) is 0 Å². The summed E-state index contributed by atoms with van der Waals surface area (Å²) in [6.45, 7) is 8.14. The van der Waals surface area contributed by atoms with Crippen molar-refractivity contribution in [1.82, 2.24) is 5.32 Å². The summed E-state index contributed by atoms with van der Waals surface area (Å²) >= 11 is 0. The van der Waals surface area contributed by atoms with Crippen molar-refractivity contribution >= 4 is 11.7 Å². The van der Waals surface area contributed by atoms with E-state index in [1.54, 1.807) is 0 Å². The minimum atomic E-state index is -0.636. The molecule has 1 heterocycles. The van der Waals surface area contributed by atoms with E-state index < -0.39 is 5.54 Å². The van der Waals surface area contributed by atoms with Gasteiger partial charge < -0.3 is 5.32 Å². The smallest absolute Gasteiger partial charge is 0.224 e. The van der Waals surface area contributed by atoms with Crippen LogP contribution < -0.4 is 5.32 Å². The molecule has 0 bridgehead atoms. The molecule has 1 N–H and O–H groups in total. The second-order valence-electron chi connectivity index (χ2n) is 6.18. The molecule has 3 heteroatoms. The van der Waals surface area contributed by atoms with E-state index >= 15 is 0 Å². The van der Waals surface area contributed by atoms with Crippen molar-refractivity contribution in [2.24, 2.45) is 23.7 Å². The Morgan fingerprint density at radius 1 is 1.06 bits per heavy atom. The molecule has 1 amide bonds. The van der Waals surface area contributed by atoms with Gasteiger partial charge in [-0.1, -0.05) is 34.1 Å². The standard InChI is InChI=1S/C14H23NO2/c1-8(2)14(9(3)4)12(16)10-6-5-7-11(10)13(17)15-14/h8-11H,5-7H2,1-4H3,(H,15,17)/t10?,11-/m1/s1. The molecule has 0 spiro atoms. The summed E-state index contributed by atoms with van der Waals surface area (Å²) in [5, 5.41) is 3.06. The largest absolute Gasteiger partial charge is 0.343 e. The third-order valence-electron chi connectivity index (χ3n) is 4.75. The van der Waals surface area contributed by atoms with Gasteiger partial charge in [-0.25, -0.2) is 0 Å². The van der Waals surface area contributed by atoms with Crippen LogP contribution in [0.2, 0.25) is 0 Å². The Morgan fingerprint density at radius 2 is 1.59 bits per heavy atom. The highest BCUT2D eigenvalue weighted by molar-refractivity contribution is 6.02. The van der Waals surface area contributed by atoms with E-state index in [1.807, 2.05) is 27.7 Å². The Balaban J connectivity index is 2.41. The third-order valence-corrected chi connectivity index (χ3v) is 4.75. The zero-order chi connectivity index (χ0) is 12.8. The molecule has 0 aromatic carbocycles. The van der Waals surface area contributed by atoms with E-state index in [0.717, 1.165) is 19.3 Å². The van der Waals surface area contributed by atoms with Crippen molar-refractivity contribution in [3.8, 4) is 0 Å². The van der Waals surface area contributed by atoms with Gasteiger partial charge in [-0.2, -0.15) is 0 Å². The van der Waals surface area contributed by atoms with Crippen molar-refractivity contribution < 1.29 is 9.59 Å². The molecule has 1 aliphatic carbocycles. The SMILES string of the molecule is CC(C)C1(C(C)C)NC(=O)[C@@H]2CCCC2C1=O. The zero-order valence-corrected chi connectivity index (χ0v) is 11.2. The average Bonchev–Trinajstić information content (AvgIpc) is 2.71. The Labute approximate surface area is 103 Å². The van der Waals surface area contributed by atoms with Gasteiger partial charge in [0.15, 0.2) is 5.78 Å². The molecule has 1 saturated heterocycles. The van der Waals surface area contributed by atoms with E-state index in [4.69, 9.17) is 0 Å². The number of Topliss-reactive ketones (excluding diaryl/α,β-unsaturated/α-hetero) is 1. The molecule has 2 atom stereocenters. The van der Waals surface area contributed by atoms with Gasteiger partial charge in [0.05, 0.1) is 0 Å². The molecule has 0 radical (unpaired) electrons. The summed E-state index contributed by atoms with van der Waals surface area (Å²) in [5.41, 5.74) is -0.636. The molecular weight excluding hydrogens is 214 g/mol. The summed E-state index contributed by atoms with van der Waals surface area (Å²) in [5.74, 6) is 0.627. The third kappa shape index (κ3) is 1.62. The highest BCUT2D eigenvalue weighted by Gasteiger charge is 2.56. The maximum Gasteiger partial charge on any atom is 0.224 e. The van der Waals surface area contributed by atoms with Crippen LogP contribution >= 0.6 is 0 Å². The van der Waals surface area contributed by atoms with Gasteiger partial charge in [0.1, 0.15) is 5.54 Å². The van der Waals surface area contributed by atoms with Crippen LogP contribution in [0.1, 0.15) is 47.0 Å². The van der Waals surface area contributed by atoms with Gasteiger partial charge in [0, 0.05) is 11.8 Å². The molecule has 2 aliphatic rings. The monoisotopic (exact) mass is 237 g/mol. The number of hydrogen-bond acceptors (Lipinski definition) is 2. The van der Waals surface area contributed by atoms with Gasteiger partial charge in [-0.3, -0.25) is 9.59 Å². The highest BCUT2D eigenvalue weighted by Crippen LogP contribution is 2.43. The average molecular weight is 237 g/mol. The van der Waals surface area contributed by atoms with E-state index in [9.17, 15) is 9.59 Å². The number of rotatable bonds is 2. The van der Waals surface area contributed by atoms with Crippen molar-refractivity contribution in [2.45, 2.75) is 52.5 Å². The Morgan fingerprint density at radius 3 is 2.12 bits per heavy atom. The summed E-state index contributed by atoms with van der Waals surface area (Å²) < 4.78 is 0. The molecular formula is C14H23NO2. The van der Waals surface area contributed by atoms with Crippen LogP contribution in [0.3, 0.4) is 0 Å². The molecule has 2 rings (SSSR count). The van der Waals surface area contributed by atoms with Gasteiger partial charge in [0.2, 0.25) is 5.91 Å². The predicted octanol–water partition coefficient (Wildman–Crippen LogP) is 2.15. The summed E-state index contributed by atoms with van der Waals surface area (Å²) in [6, 6.07) is 0. The molecule has 0 aromatic rings. The predicted molar refractivity (Wildman–Crippen MR) is 66.4 cm³/mol. The van der Waals surface area contributed by atoms with Crippen LogP contribution in [-0.2, 0) is 9.59 Å². The Bertz CT molecular complexity index is 338. The molecule has 1 unspecified atom stereocenters. The lowest BCUT2D eigenvalue weighted by molar-refractivity contribution is -0.150. The van der Waals surface area contributed by atoms with Gasteiger partial charge >= 0.3 is 0 Å². The van der Waals surface area contributed by atoms with Gasteiger partial charge in [0.25, 0.3) is 0 Å². The number of carbonyl (C=O) groups is 2. The van der Waals surface area contributed by atoms with Crippen molar-refractivity contribution in [3.63, 3.8) is 0 Å². The van der Waals surface area contributed by atoms with E-state index in [0.29, 0.717) is 0 Å². The topological polar surface area (TPSA) is 46.2 Å². The lowest BCUT2D eigenvalue weighted by atomic mass is 9.65. The molecule has 2 fully saturated rings. The molecule has 96 valence electrons. The van der Waals surface area contributed by atoms with Crippen LogP contribution in [0, 0.1) is 23.7 Å². The van der Waals surface area contributed by atoms with Crippen LogP contribution in [0.25, 0.3) is 0 Å². The number of hydrogen-bond donors (Lipinski definition) is 1. The van der Waals surface area contributed by atoms with E-state index in [1.165, 1.54) is 0 Å². The van der Waals surface area contributed by atoms with E-state index in [2.05, 4.69) is 5.32 Å². The number of nitrogens with one attached hydrogen (secondary N) is 1. The molecule has 0 aromatic heterocycles. The number of ketones is 1. The maximum absolute atomic E-state index is 12.7. The first-order chi connectivity index (χ1) is 7.91. The number of carbonyl (C=O) groups excluding carboxylic acids is 2.